The van der Waals surface area contributed by atoms with Crippen molar-refractivity contribution >= 4 is 40.8 Å². The van der Waals surface area contributed by atoms with Crippen molar-refractivity contribution < 1.29 is 14.3 Å². The Bertz CT molecular complexity index is 947. The van der Waals surface area contributed by atoms with Gasteiger partial charge < -0.3 is 10.1 Å². The van der Waals surface area contributed by atoms with Gasteiger partial charge in [0.25, 0.3) is 0 Å². The summed E-state index contributed by atoms with van der Waals surface area (Å²) < 4.78 is 5.51. The monoisotopic (exact) mass is 434 g/mol. The molecule has 0 aliphatic carbocycles. The normalized spacial score (nSPS) is 19.2. The fraction of sp³-hybridized carbons (Fsp3) is 0.364. The number of hydrogen-bond donors (Lipinski definition) is 1. The molecule has 2 unspecified atom stereocenters. The molecule has 0 spiro atoms. The van der Waals surface area contributed by atoms with E-state index in [9.17, 15) is 9.59 Å². The highest BCUT2D eigenvalue weighted by Gasteiger charge is 2.54. The largest absolute Gasteiger partial charge is 0.447 e. The maximum Gasteiger partial charge on any atom is 0.304 e. The molecule has 5 nitrogen and oxygen atoms in total. The third kappa shape index (κ3) is 4.13. The van der Waals surface area contributed by atoms with Gasteiger partial charge >= 0.3 is 5.97 Å². The second-order valence-electron chi connectivity index (χ2n) is 7.52. The Kier molecular flexibility index (Phi) is 6.22. The highest BCUT2D eigenvalue weighted by molar-refractivity contribution is 6.31. The van der Waals surface area contributed by atoms with E-state index in [1.54, 1.807) is 25.1 Å². The van der Waals surface area contributed by atoms with Crippen molar-refractivity contribution in [3.63, 3.8) is 0 Å². The molecule has 1 N–H and O–H groups in total. The number of esters is 1. The zero-order valence-electron chi connectivity index (χ0n) is 16.8. The van der Waals surface area contributed by atoms with Gasteiger partial charge in [0.1, 0.15) is 5.54 Å². The zero-order valence-corrected chi connectivity index (χ0v) is 18.3. The van der Waals surface area contributed by atoms with Gasteiger partial charge in [0, 0.05) is 40.7 Å². The van der Waals surface area contributed by atoms with Gasteiger partial charge in [0.2, 0.25) is 5.91 Å². The third-order valence-electron chi connectivity index (χ3n) is 5.13. The predicted molar refractivity (Wildman–Crippen MR) is 115 cm³/mol. The number of carbonyl (C=O) groups excluding carboxylic acids is 2. The number of rotatable bonds is 6. The molecule has 0 bridgehead atoms. The van der Waals surface area contributed by atoms with Crippen LogP contribution < -0.4 is 5.32 Å². The molecule has 0 fully saturated rings. The fourth-order valence-electron chi connectivity index (χ4n) is 4.26. The molecule has 1 aliphatic rings. The second kappa shape index (κ2) is 8.34. The van der Waals surface area contributed by atoms with Crippen LogP contribution >= 0.6 is 23.2 Å². The summed E-state index contributed by atoms with van der Waals surface area (Å²) in [6, 6.07) is 12.7. The maximum atomic E-state index is 13.5. The molecule has 154 valence electrons. The van der Waals surface area contributed by atoms with Gasteiger partial charge in [-0.05, 0) is 50.6 Å². The van der Waals surface area contributed by atoms with Gasteiger partial charge in [-0.3, -0.25) is 9.59 Å². The van der Waals surface area contributed by atoms with Crippen LogP contribution in [0.3, 0.4) is 0 Å². The number of ether oxygens (including phenoxy) is 1. The molecule has 29 heavy (non-hydrogen) atoms. The summed E-state index contributed by atoms with van der Waals surface area (Å²) in [7, 11) is 0. The number of nitrogens with zero attached hydrogens (tertiary/aromatic N) is 1. The highest BCUT2D eigenvalue weighted by Crippen LogP contribution is 2.46. The van der Waals surface area contributed by atoms with Crippen LogP contribution in [0.2, 0.25) is 10.0 Å². The summed E-state index contributed by atoms with van der Waals surface area (Å²) in [6.45, 7) is 7.09. The Labute approximate surface area is 180 Å². The molecule has 7 heteroatoms. The Hall–Kier alpha value is -2.08. The first-order chi connectivity index (χ1) is 13.6. The Morgan fingerprint density at radius 2 is 1.83 bits per heavy atom. The summed E-state index contributed by atoms with van der Waals surface area (Å²) in [5.41, 5.74) is 1.26. The van der Waals surface area contributed by atoms with Crippen molar-refractivity contribution in [3.05, 3.63) is 63.6 Å². The van der Waals surface area contributed by atoms with E-state index in [2.05, 4.69) is 5.32 Å². The number of fused-ring (bicyclic) bond motifs is 1. The van der Waals surface area contributed by atoms with E-state index in [0.29, 0.717) is 22.2 Å². The molecular formula is C22H24Cl2N2O3. The average molecular weight is 435 g/mol. The molecule has 3 rings (SSSR count). The molecule has 1 amide bonds. The van der Waals surface area contributed by atoms with Crippen molar-refractivity contribution in [2.45, 2.75) is 51.9 Å². The molecule has 0 aromatic heterocycles. The lowest BCUT2D eigenvalue weighted by atomic mass is 9.82. The van der Waals surface area contributed by atoms with Crippen LogP contribution in [0.15, 0.2) is 42.5 Å². The van der Waals surface area contributed by atoms with E-state index in [0.717, 1.165) is 11.1 Å². The summed E-state index contributed by atoms with van der Waals surface area (Å²) in [5.74, 6) is -0.599. The second-order valence-corrected chi connectivity index (χ2v) is 8.39. The molecule has 1 heterocycles. The van der Waals surface area contributed by atoms with Crippen molar-refractivity contribution in [1.29, 1.82) is 0 Å². The zero-order chi connectivity index (χ0) is 21.3. The number of hydrogen-bond acceptors (Lipinski definition) is 4. The van der Waals surface area contributed by atoms with Gasteiger partial charge in [-0.1, -0.05) is 41.4 Å². The van der Waals surface area contributed by atoms with Crippen molar-refractivity contribution in [2.24, 2.45) is 0 Å². The first kappa shape index (κ1) is 21.6. The van der Waals surface area contributed by atoms with Crippen molar-refractivity contribution in [3.8, 4) is 0 Å². The average Bonchev–Trinajstić information content (AvgIpc) is 2.85. The first-order valence-electron chi connectivity index (χ1n) is 9.46. The summed E-state index contributed by atoms with van der Waals surface area (Å²) in [5, 5.41) is 4.10. The standard InChI is InChI=1S/C22H24Cl2N2O3/c1-13(2)26(14(3)29-15(4)27)22(12-16-6-5-7-17(23)10-16)19-9-8-18(24)11-20(19)25-21(22)28/h5-11,13-14H,12H2,1-4H3,(H,25,28). The van der Waals surface area contributed by atoms with E-state index in [1.807, 2.05) is 43.0 Å². The van der Waals surface area contributed by atoms with E-state index < -0.39 is 17.7 Å². The van der Waals surface area contributed by atoms with Crippen molar-refractivity contribution in [2.75, 3.05) is 5.32 Å². The van der Waals surface area contributed by atoms with Crippen LogP contribution in [0.5, 0.6) is 0 Å². The van der Waals surface area contributed by atoms with Crippen LogP contribution in [0.25, 0.3) is 0 Å². The quantitative estimate of drug-likeness (QED) is 0.512. The highest BCUT2D eigenvalue weighted by atomic mass is 35.5. The van der Waals surface area contributed by atoms with Gasteiger partial charge in [0.15, 0.2) is 6.23 Å². The van der Waals surface area contributed by atoms with Crippen molar-refractivity contribution in [1.82, 2.24) is 4.90 Å². The molecule has 2 aromatic rings. The summed E-state index contributed by atoms with van der Waals surface area (Å²) in [4.78, 5) is 27.1. The number of benzene rings is 2. The fourth-order valence-corrected chi connectivity index (χ4v) is 4.65. The van der Waals surface area contributed by atoms with Crippen LogP contribution in [0, 0.1) is 0 Å². The Balaban J connectivity index is 2.21. The molecule has 0 saturated heterocycles. The number of nitrogens with one attached hydrogen (secondary N) is 1. The summed E-state index contributed by atoms with van der Waals surface area (Å²) >= 11 is 12.4. The van der Waals surface area contributed by atoms with Gasteiger partial charge in [-0.2, -0.15) is 0 Å². The summed E-state index contributed by atoms with van der Waals surface area (Å²) in [6.07, 6.45) is -0.267. The third-order valence-corrected chi connectivity index (χ3v) is 5.60. The number of anilines is 1. The lowest BCUT2D eigenvalue weighted by Gasteiger charge is -2.45. The lowest BCUT2D eigenvalue weighted by molar-refractivity contribution is -0.170. The Morgan fingerprint density at radius 3 is 2.45 bits per heavy atom. The predicted octanol–water partition coefficient (Wildman–Crippen LogP) is 5.00. The van der Waals surface area contributed by atoms with E-state index in [1.165, 1.54) is 6.92 Å². The first-order valence-corrected chi connectivity index (χ1v) is 10.2. The van der Waals surface area contributed by atoms with Gasteiger partial charge in [-0.25, -0.2) is 4.90 Å². The SMILES string of the molecule is CC(=O)OC(C)N(C(C)C)C1(Cc2cccc(Cl)c2)C(=O)Nc2cc(Cl)ccc21. The van der Waals surface area contributed by atoms with Crippen LogP contribution in [-0.2, 0) is 26.3 Å². The molecule has 0 radical (unpaired) electrons. The number of halogens is 2. The maximum absolute atomic E-state index is 13.5. The molecule has 2 atom stereocenters. The molecule has 2 aromatic carbocycles. The Morgan fingerprint density at radius 1 is 1.14 bits per heavy atom. The van der Waals surface area contributed by atoms with Crippen LogP contribution in [0.4, 0.5) is 5.69 Å². The van der Waals surface area contributed by atoms with E-state index >= 15 is 0 Å². The molecule has 1 aliphatic heterocycles. The minimum atomic E-state index is -1.09. The van der Waals surface area contributed by atoms with Gasteiger partial charge in [0.05, 0.1) is 0 Å². The minimum absolute atomic E-state index is 0.101. The minimum Gasteiger partial charge on any atom is -0.447 e. The van der Waals surface area contributed by atoms with Crippen LogP contribution in [-0.4, -0.2) is 29.0 Å². The lowest BCUT2D eigenvalue weighted by Crippen LogP contribution is -2.59. The van der Waals surface area contributed by atoms with Crippen LogP contribution in [0.1, 0.15) is 38.8 Å². The van der Waals surface area contributed by atoms with E-state index in [4.69, 9.17) is 27.9 Å². The topological polar surface area (TPSA) is 58.6 Å². The smallest absolute Gasteiger partial charge is 0.304 e. The number of carbonyl (C=O) groups is 2. The van der Waals surface area contributed by atoms with Gasteiger partial charge in [-0.15, -0.1) is 0 Å². The molecular weight excluding hydrogens is 411 g/mol. The van der Waals surface area contributed by atoms with E-state index in [-0.39, 0.29) is 11.9 Å². The molecule has 0 saturated carbocycles. The number of amides is 1.